The smallest absolute Gasteiger partial charge is 0.332 e. The number of hydrogen-bond donors (Lipinski definition) is 2. The van der Waals surface area contributed by atoms with Gasteiger partial charge in [-0.25, -0.2) is 9.59 Å². The molecule has 2 aliphatic rings. The SMILES string of the molecule is CC1CCCCN1C(=O)NC1(C(=O)O)CCOC1. The van der Waals surface area contributed by atoms with Crippen molar-refractivity contribution in [2.45, 2.75) is 44.2 Å². The highest BCUT2D eigenvalue weighted by Crippen LogP contribution is 2.21. The number of nitrogens with zero attached hydrogens (tertiary/aromatic N) is 1. The molecular weight excluding hydrogens is 236 g/mol. The highest BCUT2D eigenvalue weighted by molar-refractivity contribution is 5.86. The van der Waals surface area contributed by atoms with Crippen molar-refractivity contribution in [1.82, 2.24) is 10.2 Å². The summed E-state index contributed by atoms with van der Waals surface area (Å²) in [6, 6.07) is -0.109. The van der Waals surface area contributed by atoms with Crippen LogP contribution in [0.5, 0.6) is 0 Å². The first-order chi connectivity index (χ1) is 8.55. The summed E-state index contributed by atoms with van der Waals surface area (Å²) in [5.74, 6) is -1.02. The second-order valence-corrected chi connectivity index (χ2v) is 5.16. The molecule has 2 heterocycles. The first kappa shape index (κ1) is 13.1. The van der Waals surface area contributed by atoms with E-state index < -0.39 is 11.5 Å². The molecule has 0 bridgehead atoms. The molecule has 102 valence electrons. The zero-order chi connectivity index (χ0) is 13.2. The molecule has 0 aliphatic carbocycles. The Morgan fingerprint density at radius 2 is 2.22 bits per heavy atom. The van der Waals surface area contributed by atoms with Crippen molar-refractivity contribution in [2.24, 2.45) is 0 Å². The van der Waals surface area contributed by atoms with E-state index in [0.29, 0.717) is 19.6 Å². The lowest BCUT2D eigenvalue weighted by atomic mass is 9.99. The first-order valence-electron chi connectivity index (χ1n) is 6.45. The number of amides is 2. The number of carbonyl (C=O) groups is 2. The van der Waals surface area contributed by atoms with E-state index in [1.807, 2.05) is 6.92 Å². The molecule has 18 heavy (non-hydrogen) atoms. The minimum absolute atomic E-state index is 0.0519. The molecule has 2 aliphatic heterocycles. The number of piperidine rings is 1. The van der Waals surface area contributed by atoms with E-state index in [-0.39, 0.29) is 18.7 Å². The van der Waals surface area contributed by atoms with Crippen LogP contribution in [-0.4, -0.2) is 53.3 Å². The molecule has 2 unspecified atom stereocenters. The van der Waals surface area contributed by atoms with E-state index in [9.17, 15) is 14.7 Å². The number of rotatable bonds is 2. The number of hydrogen-bond acceptors (Lipinski definition) is 3. The van der Waals surface area contributed by atoms with Crippen molar-refractivity contribution in [2.75, 3.05) is 19.8 Å². The fourth-order valence-electron chi connectivity index (χ4n) is 2.56. The van der Waals surface area contributed by atoms with Gasteiger partial charge in [-0.15, -0.1) is 0 Å². The molecule has 2 atom stereocenters. The summed E-state index contributed by atoms with van der Waals surface area (Å²) in [5.41, 5.74) is -1.24. The molecule has 2 saturated heterocycles. The van der Waals surface area contributed by atoms with E-state index in [0.717, 1.165) is 19.3 Å². The monoisotopic (exact) mass is 256 g/mol. The standard InChI is InChI=1S/C12H20N2O4/c1-9-4-2-3-6-14(9)11(17)13-12(10(15)16)5-7-18-8-12/h9H,2-8H2,1H3,(H,13,17)(H,15,16). The van der Waals surface area contributed by atoms with Crippen LogP contribution in [0.1, 0.15) is 32.6 Å². The van der Waals surface area contributed by atoms with E-state index >= 15 is 0 Å². The summed E-state index contributed by atoms with van der Waals surface area (Å²) in [4.78, 5) is 25.2. The van der Waals surface area contributed by atoms with Crippen molar-refractivity contribution in [1.29, 1.82) is 0 Å². The second kappa shape index (κ2) is 5.14. The number of carbonyl (C=O) groups excluding carboxylic acids is 1. The average Bonchev–Trinajstić information content (AvgIpc) is 2.79. The molecule has 0 saturated carbocycles. The topological polar surface area (TPSA) is 78.9 Å². The number of carboxylic acids is 1. The van der Waals surface area contributed by atoms with Crippen LogP contribution in [0.2, 0.25) is 0 Å². The second-order valence-electron chi connectivity index (χ2n) is 5.16. The predicted molar refractivity (Wildman–Crippen MR) is 64.4 cm³/mol. The van der Waals surface area contributed by atoms with Gasteiger partial charge in [0, 0.05) is 25.6 Å². The maximum atomic E-state index is 12.2. The maximum Gasteiger partial charge on any atom is 0.332 e. The Morgan fingerprint density at radius 3 is 2.78 bits per heavy atom. The minimum atomic E-state index is -1.24. The number of ether oxygens (including phenoxy) is 1. The Labute approximate surface area is 106 Å². The molecule has 0 aromatic carbocycles. The molecule has 6 heteroatoms. The summed E-state index contributed by atoms with van der Waals surface area (Å²) in [6.07, 6.45) is 3.41. The van der Waals surface area contributed by atoms with Crippen LogP contribution < -0.4 is 5.32 Å². The average molecular weight is 256 g/mol. The molecule has 2 N–H and O–H groups in total. The molecule has 0 aromatic heterocycles. The van der Waals surface area contributed by atoms with Crippen molar-refractivity contribution in [3.8, 4) is 0 Å². The van der Waals surface area contributed by atoms with Gasteiger partial charge in [-0.05, 0) is 26.2 Å². The van der Waals surface area contributed by atoms with Gasteiger partial charge in [-0.1, -0.05) is 0 Å². The molecule has 2 rings (SSSR count). The number of aliphatic carboxylic acids is 1. The number of carboxylic acid groups (broad SMARTS) is 1. The van der Waals surface area contributed by atoms with Gasteiger partial charge < -0.3 is 20.1 Å². The number of likely N-dealkylation sites (tertiary alicyclic amines) is 1. The lowest BCUT2D eigenvalue weighted by Gasteiger charge is -2.36. The summed E-state index contributed by atoms with van der Waals surface area (Å²) in [7, 11) is 0. The third-order valence-corrected chi connectivity index (χ3v) is 3.84. The normalized spacial score (nSPS) is 32.3. The number of urea groups is 1. The minimum Gasteiger partial charge on any atom is -0.479 e. The van der Waals surface area contributed by atoms with Gasteiger partial charge in [-0.3, -0.25) is 0 Å². The van der Waals surface area contributed by atoms with Gasteiger partial charge >= 0.3 is 12.0 Å². The van der Waals surface area contributed by atoms with Gasteiger partial charge in [0.2, 0.25) is 0 Å². The van der Waals surface area contributed by atoms with Crippen molar-refractivity contribution >= 4 is 12.0 Å². The van der Waals surface area contributed by atoms with Gasteiger partial charge in [0.15, 0.2) is 5.54 Å². The fraction of sp³-hybridized carbons (Fsp3) is 0.833. The van der Waals surface area contributed by atoms with Crippen LogP contribution >= 0.6 is 0 Å². The molecule has 0 radical (unpaired) electrons. The van der Waals surface area contributed by atoms with E-state index in [4.69, 9.17) is 4.74 Å². The van der Waals surface area contributed by atoms with Gasteiger partial charge in [0.05, 0.1) is 6.61 Å². The molecule has 2 amide bonds. The zero-order valence-electron chi connectivity index (χ0n) is 10.6. The van der Waals surface area contributed by atoms with Crippen LogP contribution in [0.4, 0.5) is 4.79 Å². The Hall–Kier alpha value is -1.30. The number of nitrogens with one attached hydrogen (secondary N) is 1. The third kappa shape index (κ3) is 2.43. The molecule has 0 aromatic rings. The van der Waals surface area contributed by atoms with Gasteiger partial charge in [0.1, 0.15) is 0 Å². The molecular formula is C12H20N2O4. The Kier molecular flexibility index (Phi) is 3.75. The lowest BCUT2D eigenvalue weighted by molar-refractivity contribution is -0.144. The largest absolute Gasteiger partial charge is 0.479 e. The first-order valence-corrected chi connectivity index (χ1v) is 6.45. The van der Waals surface area contributed by atoms with Crippen LogP contribution in [0, 0.1) is 0 Å². The Balaban J connectivity index is 2.03. The third-order valence-electron chi connectivity index (χ3n) is 3.84. The fourth-order valence-corrected chi connectivity index (χ4v) is 2.56. The van der Waals surface area contributed by atoms with Crippen LogP contribution in [-0.2, 0) is 9.53 Å². The van der Waals surface area contributed by atoms with Crippen LogP contribution in [0.25, 0.3) is 0 Å². The van der Waals surface area contributed by atoms with E-state index in [1.165, 1.54) is 0 Å². The molecule has 6 nitrogen and oxygen atoms in total. The summed E-state index contributed by atoms with van der Waals surface area (Å²) < 4.78 is 5.12. The zero-order valence-corrected chi connectivity index (χ0v) is 10.6. The predicted octanol–water partition coefficient (Wildman–Crippen LogP) is 0.814. The van der Waals surface area contributed by atoms with Crippen molar-refractivity contribution in [3.63, 3.8) is 0 Å². The summed E-state index contributed by atoms with van der Waals surface area (Å²) >= 11 is 0. The quantitative estimate of drug-likeness (QED) is 0.766. The van der Waals surface area contributed by atoms with E-state index in [2.05, 4.69) is 5.32 Å². The lowest BCUT2D eigenvalue weighted by Crippen LogP contribution is -2.60. The summed E-state index contributed by atoms with van der Waals surface area (Å²) in [6.45, 7) is 3.12. The van der Waals surface area contributed by atoms with E-state index in [1.54, 1.807) is 4.90 Å². The van der Waals surface area contributed by atoms with Gasteiger partial charge in [-0.2, -0.15) is 0 Å². The molecule has 0 spiro atoms. The van der Waals surface area contributed by atoms with Crippen molar-refractivity contribution in [3.05, 3.63) is 0 Å². The highest BCUT2D eigenvalue weighted by atomic mass is 16.5. The Morgan fingerprint density at radius 1 is 1.44 bits per heavy atom. The van der Waals surface area contributed by atoms with Crippen molar-refractivity contribution < 1.29 is 19.4 Å². The molecule has 2 fully saturated rings. The summed E-state index contributed by atoms with van der Waals surface area (Å²) in [5, 5.41) is 11.9. The van der Waals surface area contributed by atoms with Crippen LogP contribution in [0.15, 0.2) is 0 Å². The Bertz CT molecular complexity index is 339. The highest BCUT2D eigenvalue weighted by Gasteiger charge is 2.45. The van der Waals surface area contributed by atoms with Crippen LogP contribution in [0.3, 0.4) is 0 Å². The van der Waals surface area contributed by atoms with Gasteiger partial charge in [0.25, 0.3) is 0 Å². The maximum absolute atomic E-state index is 12.2.